The molecule has 2 aromatic heterocycles. The number of carboxylic acid groups (broad SMARTS) is 1. The van der Waals surface area contributed by atoms with Crippen molar-refractivity contribution in [3.63, 3.8) is 0 Å². The molecule has 7 nitrogen and oxygen atoms in total. The second-order valence-corrected chi connectivity index (χ2v) is 10.7. The van der Waals surface area contributed by atoms with Gasteiger partial charge in [0.05, 0.1) is 11.5 Å². The van der Waals surface area contributed by atoms with Crippen LogP contribution in [0.1, 0.15) is 48.1 Å². The van der Waals surface area contributed by atoms with Crippen LogP contribution in [0.4, 0.5) is 0 Å². The van der Waals surface area contributed by atoms with Gasteiger partial charge in [0.1, 0.15) is 0 Å². The van der Waals surface area contributed by atoms with Gasteiger partial charge in [0.15, 0.2) is 0 Å². The number of carboxylic acids is 1. The van der Waals surface area contributed by atoms with E-state index in [1.807, 2.05) is 12.4 Å². The van der Waals surface area contributed by atoms with Crippen molar-refractivity contribution in [2.24, 2.45) is 11.3 Å². The molecule has 178 valence electrons. The second kappa shape index (κ2) is 8.62. The van der Waals surface area contributed by atoms with Gasteiger partial charge in [-0.05, 0) is 84.9 Å². The average Bonchev–Trinajstić information content (AvgIpc) is 3.22. The molecule has 1 aromatic carbocycles. The van der Waals surface area contributed by atoms with Crippen LogP contribution in [0, 0.1) is 25.2 Å². The third kappa shape index (κ3) is 4.37. The zero-order valence-corrected chi connectivity index (χ0v) is 20.4. The van der Waals surface area contributed by atoms with Crippen molar-refractivity contribution in [2.75, 3.05) is 19.6 Å². The van der Waals surface area contributed by atoms with E-state index >= 15 is 0 Å². The number of carbonyl (C=O) groups is 1. The number of benzene rings is 1. The minimum absolute atomic E-state index is 0.214. The number of aromatic nitrogens is 3. The lowest BCUT2D eigenvalue weighted by atomic mass is 9.74. The molecular weight excluding hydrogens is 428 g/mol. The summed E-state index contributed by atoms with van der Waals surface area (Å²) in [4.78, 5) is 22.4. The molecule has 1 saturated heterocycles. The highest BCUT2D eigenvalue weighted by Gasteiger charge is 2.32. The van der Waals surface area contributed by atoms with Crippen molar-refractivity contribution in [1.29, 1.82) is 0 Å². The van der Waals surface area contributed by atoms with E-state index in [1.165, 1.54) is 27.8 Å². The zero-order valence-electron chi connectivity index (χ0n) is 20.4. The van der Waals surface area contributed by atoms with Crippen molar-refractivity contribution in [3.05, 3.63) is 52.3 Å². The highest BCUT2D eigenvalue weighted by atomic mass is 16.5. The molecule has 0 amide bonds. The third-order valence-corrected chi connectivity index (χ3v) is 7.46. The van der Waals surface area contributed by atoms with Gasteiger partial charge in [-0.1, -0.05) is 19.0 Å². The fourth-order valence-electron chi connectivity index (χ4n) is 5.38. The van der Waals surface area contributed by atoms with E-state index in [0.29, 0.717) is 24.8 Å². The molecule has 0 saturated carbocycles. The van der Waals surface area contributed by atoms with E-state index in [4.69, 9.17) is 14.6 Å². The summed E-state index contributed by atoms with van der Waals surface area (Å²) in [5, 5.41) is 13.4. The predicted octanol–water partition coefficient (Wildman–Crippen LogP) is 4.49. The Morgan fingerprint density at radius 2 is 1.94 bits per heavy atom. The molecule has 2 aliphatic rings. The summed E-state index contributed by atoms with van der Waals surface area (Å²) in [6.45, 7) is 11.0. The molecule has 0 spiro atoms. The first-order valence-electron chi connectivity index (χ1n) is 12.1. The van der Waals surface area contributed by atoms with Crippen molar-refractivity contribution in [3.8, 4) is 22.8 Å². The lowest BCUT2D eigenvalue weighted by Gasteiger charge is -2.36. The Bertz CT molecular complexity index is 1220. The third-order valence-electron chi connectivity index (χ3n) is 7.46. The van der Waals surface area contributed by atoms with Gasteiger partial charge in [0.25, 0.3) is 5.89 Å². The Labute approximate surface area is 200 Å². The van der Waals surface area contributed by atoms with Crippen molar-refractivity contribution >= 4 is 5.97 Å². The molecule has 1 fully saturated rings. The van der Waals surface area contributed by atoms with Crippen LogP contribution in [0.2, 0.25) is 0 Å². The van der Waals surface area contributed by atoms with Crippen LogP contribution >= 0.6 is 0 Å². The molecule has 0 radical (unpaired) electrons. The lowest BCUT2D eigenvalue weighted by Crippen LogP contribution is -2.50. The summed E-state index contributed by atoms with van der Waals surface area (Å²) in [7, 11) is 0. The molecule has 7 heteroatoms. The van der Waals surface area contributed by atoms with E-state index in [-0.39, 0.29) is 11.3 Å². The van der Waals surface area contributed by atoms with Gasteiger partial charge in [-0.3, -0.25) is 9.78 Å². The number of fused-ring (bicyclic) bond motifs is 1. The maximum atomic E-state index is 11.0. The quantitative estimate of drug-likeness (QED) is 0.579. The molecule has 3 heterocycles. The summed E-state index contributed by atoms with van der Waals surface area (Å²) >= 11 is 0. The van der Waals surface area contributed by atoms with Crippen LogP contribution in [0.15, 0.2) is 29.0 Å². The van der Waals surface area contributed by atoms with Gasteiger partial charge >= 0.3 is 5.97 Å². The van der Waals surface area contributed by atoms with Gasteiger partial charge in [-0.2, -0.15) is 4.98 Å². The average molecular weight is 461 g/mol. The van der Waals surface area contributed by atoms with Crippen molar-refractivity contribution < 1.29 is 14.4 Å². The number of rotatable bonds is 6. The standard InChI is InChI=1S/C27H32N4O3/c1-16-9-18(10-17(2)21(16)6-8-31-14-20(15-31)26(32)33)24-29-25(34-30-24)23-13-28-12-19-11-27(3,4)7-5-22(19)23/h9-10,12-13,20H,5-8,11,14-15H2,1-4H3,(H,32,33). The molecule has 3 aromatic rings. The number of likely N-dealkylation sites (tertiary alicyclic amines) is 1. The molecule has 34 heavy (non-hydrogen) atoms. The molecule has 1 aliphatic carbocycles. The molecular formula is C27H32N4O3. The first kappa shape index (κ1) is 22.7. The number of hydrogen-bond acceptors (Lipinski definition) is 6. The normalized spacial score (nSPS) is 17.9. The molecule has 0 unspecified atom stereocenters. The maximum Gasteiger partial charge on any atom is 0.309 e. The van der Waals surface area contributed by atoms with Gasteiger partial charge in [-0.15, -0.1) is 0 Å². The van der Waals surface area contributed by atoms with E-state index in [1.54, 1.807) is 0 Å². The smallest absolute Gasteiger partial charge is 0.309 e. The van der Waals surface area contributed by atoms with Crippen LogP contribution in [-0.2, 0) is 24.1 Å². The number of hydrogen-bond donors (Lipinski definition) is 1. The van der Waals surface area contributed by atoms with Gasteiger partial charge in [0, 0.05) is 37.6 Å². The molecule has 0 bridgehead atoms. The van der Waals surface area contributed by atoms with Crippen LogP contribution < -0.4 is 0 Å². The van der Waals surface area contributed by atoms with E-state index in [0.717, 1.165) is 43.4 Å². The van der Waals surface area contributed by atoms with Crippen molar-refractivity contribution in [2.45, 2.75) is 53.4 Å². The Morgan fingerprint density at radius 3 is 2.65 bits per heavy atom. The number of pyridine rings is 1. The Kier molecular flexibility index (Phi) is 5.76. The van der Waals surface area contributed by atoms with Gasteiger partial charge < -0.3 is 14.5 Å². The van der Waals surface area contributed by atoms with E-state index < -0.39 is 5.97 Å². The summed E-state index contributed by atoms with van der Waals surface area (Å²) < 4.78 is 5.71. The van der Waals surface area contributed by atoms with Crippen molar-refractivity contribution in [1.82, 2.24) is 20.0 Å². The fourth-order valence-corrected chi connectivity index (χ4v) is 5.38. The lowest BCUT2D eigenvalue weighted by molar-refractivity contribution is -0.147. The number of aliphatic carboxylic acids is 1. The summed E-state index contributed by atoms with van der Waals surface area (Å²) in [5.74, 6) is 0.217. The summed E-state index contributed by atoms with van der Waals surface area (Å²) in [6.07, 6.45) is 7.86. The van der Waals surface area contributed by atoms with Gasteiger partial charge in [-0.25, -0.2) is 0 Å². The summed E-state index contributed by atoms with van der Waals surface area (Å²) in [6, 6.07) is 4.24. The fraction of sp³-hybridized carbons (Fsp3) is 0.481. The van der Waals surface area contributed by atoms with Crippen LogP contribution in [0.25, 0.3) is 22.8 Å². The highest BCUT2D eigenvalue weighted by Crippen LogP contribution is 2.38. The number of nitrogens with zero attached hydrogens (tertiary/aromatic N) is 4. The first-order chi connectivity index (χ1) is 16.2. The Balaban J connectivity index is 1.34. The first-order valence-corrected chi connectivity index (χ1v) is 12.1. The molecule has 0 atom stereocenters. The minimum Gasteiger partial charge on any atom is -0.481 e. The topological polar surface area (TPSA) is 92.4 Å². The second-order valence-electron chi connectivity index (χ2n) is 10.7. The maximum absolute atomic E-state index is 11.0. The molecule has 5 rings (SSSR count). The minimum atomic E-state index is -0.692. The van der Waals surface area contributed by atoms with Gasteiger partial charge in [0.2, 0.25) is 5.82 Å². The SMILES string of the molecule is Cc1cc(-c2noc(-c3cncc4c3CCC(C)(C)C4)n2)cc(C)c1CCN1CC(C(=O)O)C1. The van der Waals surface area contributed by atoms with E-state index in [9.17, 15) is 4.79 Å². The molecule has 1 aliphatic heterocycles. The van der Waals surface area contributed by atoms with Crippen LogP contribution in [-0.4, -0.2) is 50.7 Å². The molecule has 1 N–H and O–H groups in total. The predicted molar refractivity (Wildman–Crippen MR) is 130 cm³/mol. The summed E-state index contributed by atoms with van der Waals surface area (Å²) in [5.41, 5.74) is 8.43. The van der Waals surface area contributed by atoms with Crippen LogP contribution in [0.5, 0.6) is 0 Å². The Hall–Kier alpha value is -3.06. The van der Waals surface area contributed by atoms with Crippen LogP contribution in [0.3, 0.4) is 0 Å². The Morgan fingerprint density at radius 1 is 1.21 bits per heavy atom. The highest BCUT2D eigenvalue weighted by molar-refractivity contribution is 5.71. The number of aryl methyl sites for hydroxylation is 2. The largest absolute Gasteiger partial charge is 0.481 e. The monoisotopic (exact) mass is 460 g/mol. The van der Waals surface area contributed by atoms with E-state index in [2.05, 4.69) is 54.9 Å². The zero-order chi connectivity index (χ0) is 24.0.